The molecule has 0 spiro atoms. The zero-order chi connectivity index (χ0) is 27.2. The number of nitrogens with zero attached hydrogens (tertiary/aromatic N) is 3. The van der Waals surface area contributed by atoms with Gasteiger partial charge in [0.15, 0.2) is 16.4 Å². The smallest absolute Gasteiger partial charge is 0.311 e. The van der Waals surface area contributed by atoms with E-state index in [2.05, 4.69) is 34.4 Å². The number of thiocarbonyl (C=S) groups is 1. The first kappa shape index (κ1) is 26.6. The maximum atomic E-state index is 12.6. The number of carbonyl (C=O) groups is 1. The highest BCUT2D eigenvalue weighted by molar-refractivity contribution is 7.80. The van der Waals surface area contributed by atoms with E-state index in [1.165, 1.54) is 12.1 Å². The van der Waals surface area contributed by atoms with Crippen LogP contribution in [0.5, 0.6) is 5.75 Å². The second kappa shape index (κ2) is 11.7. The van der Waals surface area contributed by atoms with Gasteiger partial charge >= 0.3 is 5.69 Å². The van der Waals surface area contributed by atoms with Crippen LogP contribution in [0.2, 0.25) is 0 Å². The van der Waals surface area contributed by atoms with Crippen molar-refractivity contribution in [2.45, 2.75) is 20.8 Å². The van der Waals surface area contributed by atoms with Crippen molar-refractivity contribution in [1.82, 2.24) is 10.3 Å². The Balaban J connectivity index is 1.45. The third kappa shape index (κ3) is 5.89. The van der Waals surface area contributed by atoms with Gasteiger partial charge in [0.1, 0.15) is 5.52 Å². The van der Waals surface area contributed by atoms with Gasteiger partial charge in [-0.15, -0.1) is 0 Å². The number of hydrogen-bond donors (Lipinski definition) is 2. The van der Waals surface area contributed by atoms with Gasteiger partial charge < -0.3 is 19.4 Å². The fraction of sp³-hybridized carbons (Fsp3) is 0.222. The summed E-state index contributed by atoms with van der Waals surface area (Å²) >= 11 is 5.27. The van der Waals surface area contributed by atoms with E-state index in [0.29, 0.717) is 22.7 Å². The second-order valence-corrected chi connectivity index (χ2v) is 8.61. The van der Waals surface area contributed by atoms with Crippen LogP contribution >= 0.6 is 12.2 Å². The molecule has 0 atom stereocenters. The summed E-state index contributed by atoms with van der Waals surface area (Å²) in [5, 5.41) is 16.8. The standard InChI is InChI=1S/C27H27N5O5S/c1-4-31(5-2)20-11-7-17(8-12-20)26-29-21-16-19(10-14-23(21)37-26)28-27(38)30-25(33)18-9-13-24(36-6-3)22(15-18)32(34)35/h7-16H,4-6H2,1-3H3,(H2,28,30,33,38). The molecule has 0 radical (unpaired) electrons. The fourth-order valence-corrected chi connectivity index (χ4v) is 4.16. The van der Waals surface area contributed by atoms with Crippen LogP contribution in [0.15, 0.2) is 65.1 Å². The largest absolute Gasteiger partial charge is 0.487 e. The van der Waals surface area contributed by atoms with Crippen molar-refractivity contribution in [2.75, 3.05) is 29.9 Å². The predicted molar refractivity (Wildman–Crippen MR) is 151 cm³/mol. The molecule has 0 aliphatic rings. The van der Waals surface area contributed by atoms with E-state index in [4.69, 9.17) is 21.4 Å². The lowest BCUT2D eigenvalue weighted by Gasteiger charge is -2.20. The summed E-state index contributed by atoms with van der Waals surface area (Å²) in [5.74, 6) is -0.00213. The maximum absolute atomic E-state index is 12.6. The Morgan fingerprint density at radius 2 is 1.82 bits per heavy atom. The Labute approximate surface area is 224 Å². The van der Waals surface area contributed by atoms with E-state index in [1.54, 1.807) is 25.1 Å². The van der Waals surface area contributed by atoms with Gasteiger partial charge in [0, 0.05) is 41.7 Å². The molecule has 0 aliphatic carbocycles. The lowest BCUT2D eigenvalue weighted by atomic mass is 10.1. The van der Waals surface area contributed by atoms with Crippen molar-refractivity contribution < 1.29 is 18.9 Å². The topological polar surface area (TPSA) is 123 Å². The number of fused-ring (bicyclic) bond motifs is 1. The third-order valence-electron chi connectivity index (χ3n) is 5.83. The molecule has 4 aromatic rings. The van der Waals surface area contributed by atoms with Crippen molar-refractivity contribution in [2.24, 2.45) is 0 Å². The summed E-state index contributed by atoms with van der Waals surface area (Å²) in [4.78, 5) is 30.2. The molecule has 0 bridgehead atoms. The number of oxazole rings is 1. The van der Waals surface area contributed by atoms with Gasteiger partial charge in [-0.25, -0.2) is 4.98 Å². The normalized spacial score (nSPS) is 10.7. The van der Waals surface area contributed by atoms with Gasteiger partial charge in [-0.3, -0.25) is 20.2 Å². The number of nitrogens with one attached hydrogen (secondary N) is 2. The number of rotatable bonds is 9. The Hall–Kier alpha value is -4.51. The molecule has 0 fully saturated rings. The minimum Gasteiger partial charge on any atom is -0.487 e. The second-order valence-electron chi connectivity index (χ2n) is 8.20. The highest BCUT2D eigenvalue weighted by Gasteiger charge is 2.19. The first-order valence-corrected chi connectivity index (χ1v) is 12.5. The van der Waals surface area contributed by atoms with Crippen molar-refractivity contribution >= 4 is 51.4 Å². The molecule has 0 unspecified atom stereocenters. The van der Waals surface area contributed by atoms with E-state index >= 15 is 0 Å². The Kier molecular flexibility index (Phi) is 8.17. The van der Waals surface area contributed by atoms with Gasteiger partial charge in [-0.2, -0.15) is 0 Å². The van der Waals surface area contributed by atoms with E-state index in [1.807, 2.05) is 24.3 Å². The quantitative estimate of drug-likeness (QED) is 0.157. The molecule has 3 aromatic carbocycles. The molecule has 1 amide bonds. The number of nitro benzene ring substituents is 1. The zero-order valence-electron chi connectivity index (χ0n) is 21.2. The van der Waals surface area contributed by atoms with Crippen LogP contribution < -0.4 is 20.3 Å². The van der Waals surface area contributed by atoms with Crippen molar-refractivity contribution in [3.05, 3.63) is 76.3 Å². The number of amides is 1. The predicted octanol–water partition coefficient (Wildman–Crippen LogP) is 5.77. The van der Waals surface area contributed by atoms with Crippen LogP contribution in [0.3, 0.4) is 0 Å². The van der Waals surface area contributed by atoms with E-state index in [0.717, 1.165) is 30.4 Å². The summed E-state index contributed by atoms with van der Waals surface area (Å²) in [6, 6.07) is 17.3. The van der Waals surface area contributed by atoms with Crippen LogP contribution in [0.25, 0.3) is 22.6 Å². The highest BCUT2D eigenvalue weighted by Crippen LogP contribution is 2.29. The van der Waals surface area contributed by atoms with Crippen molar-refractivity contribution in [1.29, 1.82) is 0 Å². The molecule has 0 saturated carbocycles. The summed E-state index contributed by atoms with van der Waals surface area (Å²) in [6.45, 7) is 8.07. The molecule has 38 heavy (non-hydrogen) atoms. The number of carbonyl (C=O) groups excluding carboxylic acids is 1. The average molecular weight is 534 g/mol. The molecule has 11 heteroatoms. The van der Waals surface area contributed by atoms with Crippen LogP contribution in [-0.4, -0.2) is 40.6 Å². The zero-order valence-corrected chi connectivity index (χ0v) is 22.0. The first-order chi connectivity index (χ1) is 18.3. The minimum atomic E-state index is -0.598. The van der Waals surface area contributed by atoms with Crippen molar-refractivity contribution in [3.8, 4) is 17.2 Å². The lowest BCUT2D eigenvalue weighted by molar-refractivity contribution is -0.385. The number of aromatic nitrogens is 1. The van der Waals surface area contributed by atoms with Gasteiger partial charge in [-0.05, 0) is 87.6 Å². The number of hydrogen-bond acceptors (Lipinski definition) is 8. The molecule has 0 aliphatic heterocycles. The Morgan fingerprint density at radius 1 is 1.08 bits per heavy atom. The van der Waals surface area contributed by atoms with E-state index in [9.17, 15) is 14.9 Å². The van der Waals surface area contributed by atoms with Crippen LogP contribution in [0.4, 0.5) is 17.1 Å². The third-order valence-corrected chi connectivity index (χ3v) is 6.04. The molecular weight excluding hydrogens is 506 g/mol. The summed E-state index contributed by atoms with van der Waals surface area (Å²) in [6.07, 6.45) is 0. The van der Waals surface area contributed by atoms with Gasteiger partial charge in [0.05, 0.1) is 11.5 Å². The summed E-state index contributed by atoms with van der Waals surface area (Å²) in [5.41, 5.74) is 3.60. The molecule has 1 heterocycles. The molecule has 2 N–H and O–H groups in total. The van der Waals surface area contributed by atoms with Crippen LogP contribution in [-0.2, 0) is 0 Å². The SMILES string of the molecule is CCOc1ccc(C(=O)NC(=S)Nc2ccc3oc(-c4ccc(N(CC)CC)cc4)nc3c2)cc1[N+](=O)[O-]. The number of ether oxygens (including phenoxy) is 1. The molecule has 196 valence electrons. The van der Waals surface area contributed by atoms with Crippen LogP contribution in [0, 0.1) is 10.1 Å². The summed E-state index contributed by atoms with van der Waals surface area (Å²) < 4.78 is 11.2. The van der Waals surface area contributed by atoms with Gasteiger partial charge in [0.25, 0.3) is 5.91 Å². The molecular formula is C27H27N5O5S. The Morgan fingerprint density at radius 3 is 2.47 bits per heavy atom. The highest BCUT2D eigenvalue weighted by atomic mass is 32.1. The van der Waals surface area contributed by atoms with E-state index < -0.39 is 10.8 Å². The molecule has 0 saturated heterocycles. The van der Waals surface area contributed by atoms with Crippen molar-refractivity contribution in [3.63, 3.8) is 0 Å². The number of benzene rings is 3. The van der Waals surface area contributed by atoms with Crippen LogP contribution in [0.1, 0.15) is 31.1 Å². The Bertz CT molecular complexity index is 1480. The monoisotopic (exact) mass is 533 g/mol. The minimum absolute atomic E-state index is 0.0293. The first-order valence-electron chi connectivity index (χ1n) is 12.1. The number of nitro groups is 1. The number of anilines is 2. The average Bonchev–Trinajstić information content (AvgIpc) is 3.33. The van der Waals surface area contributed by atoms with Gasteiger partial charge in [-0.1, -0.05) is 0 Å². The van der Waals surface area contributed by atoms with E-state index in [-0.39, 0.29) is 28.7 Å². The summed E-state index contributed by atoms with van der Waals surface area (Å²) in [7, 11) is 0. The molecule has 4 rings (SSSR count). The lowest BCUT2D eigenvalue weighted by Crippen LogP contribution is -2.34. The fourth-order valence-electron chi connectivity index (χ4n) is 3.95. The maximum Gasteiger partial charge on any atom is 0.311 e. The van der Waals surface area contributed by atoms with Gasteiger partial charge in [0.2, 0.25) is 5.89 Å². The molecule has 1 aromatic heterocycles. The molecule has 10 nitrogen and oxygen atoms in total.